The van der Waals surface area contributed by atoms with Crippen molar-refractivity contribution in [3.8, 4) is 5.75 Å². The molecule has 19 heavy (non-hydrogen) atoms. The van der Waals surface area contributed by atoms with Crippen LogP contribution >= 0.6 is 0 Å². The summed E-state index contributed by atoms with van der Waals surface area (Å²) in [6.45, 7) is 9.21. The van der Waals surface area contributed by atoms with Crippen LogP contribution in [-0.2, 0) is 0 Å². The Kier molecular flexibility index (Phi) is 7.16. The molecule has 0 fully saturated rings. The van der Waals surface area contributed by atoms with E-state index in [-0.39, 0.29) is 0 Å². The molecular formula is C16H28N2O. The van der Waals surface area contributed by atoms with Gasteiger partial charge >= 0.3 is 0 Å². The molecule has 1 rings (SSSR count). The zero-order valence-corrected chi connectivity index (χ0v) is 12.6. The van der Waals surface area contributed by atoms with Gasteiger partial charge in [-0.1, -0.05) is 32.8 Å². The number of para-hydroxylation sites is 1. The Labute approximate surface area is 117 Å². The number of hydrogen-bond donors (Lipinski definition) is 1. The second kappa shape index (κ2) is 8.68. The number of rotatable bonds is 9. The molecule has 0 spiro atoms. The van der Waals surface area contributed by atoms with Crippen LogP contribution in [0.2, 0.25) is 0 Å². The zero-order chi connectivity index (χ0) is 14.1. The molecule has 1 aromatic rings. The molecule has 0 aliphatic carbocycles. The Bertz CT molecular complexity index is 358. The normalized spacial score (nSPS) is 10.5. The van der Waals surface area contributed by atoms with Crippen LogP contribution in [0.5, 0.6) is 5.75 Å². The summed E-state index contributed by atoms with van der Waals surface area (Å²) in [6.07, 6.45) is 4.80. The quantitative estimate of drug-likeness (QED) is 0.683. The summed E-state index contributed by atoms with van der Waals surface area (Å²) in [4.78, 5) is 2.39. The predicted molar refractivity (Wildman–Crippen MR) is 84.1 cm³/mol. The predicted octanol–water partition coefficient (Wildman–Crippen LogP) is 4.07. The number of unbranched alkanes of at least 4 members (excludes halogenated alkanes) is 2. The van der Waals surface area contributed by atoms with Gasteiger partial charge in [-0.05, 0) is 31.9 Å². The minimum absolute atomic E-state index is 0.650. The number of nitrogens with two attached hydrogens (primary N) is 1. The van der Waals surface area contributed by atoms with Crippen molar-refractivity contribution in [3.05, 3.63) is 18.2 Å². The Morgan fingerprint density at radius 2 is 1.68 bits per heavy atom. The molecule has 0 amide bonds. The molecule has 0 bridgehead atoms. The molecule has 0 unspecified atom stereocenters. The SMILES string of the molecule is CCCCN(CCCC)c1cccc(OCC)c1N. The Balaban J connectivity index is 2.89. The lowest BCUT2D eigenvalue weighted by Crippen LogP contribution is -2.26. The Morgan fingerprint density at radius 1 is 1.05 bits per heavy atom. The molecule has 0 saturated heterocycles. The summed E-state index contributed by atoms with van der Waals surface area (Å²) >= 11 is 0. The fourth-order valence-corrected chi connectivity index (χ4v) is 2.14. The van der Waals surface area contributed by atoms with Crippen LogP contribution in [0.15, 0.2) is 18.2 Å². The highest BCUT2D eigenvalue weighted by Gasteiger charge is 2.12. The lowest BCUT2D eigenvalue weighted by molar-refractivity contribution is 0.342. The van der Waals surface area contributed by atoms with Gasteiger partial charge in [-0.3, -0.25) is 0 Å². The molecule has 0 aliphatic rings. The Hall–Kier alpha value is -1.38. The third-order valence-electron chi connectivity index (χ3n) is 3.25. The van der Waals surface area contributed by atoms with Crippen LogP contribution in [0.25, 0.3) is 0 Å². The van der Waals surface area contributed by atoms with Crippen molar-refractivity contribution in [2.45, 2.75) is 46.5 Å². The lowest BCUT2D eigenvalue weighted by atomic mass is 10.2. The first-order chi connectivity index (χ1) is 9.24. The molecule has 3 heteroatoms. The second-order valence-corrected chi connectivity index (χ2v) is 4.82. The summed E-state index contributed by atoms with van der Waals surface area (Å²) in [5, 5.41) is 0. The van der Waals surface area contributed by atoms with Crippen LogP contribution in [0.4, 0.5) is 11.4 Å². The summed E-state index contributed by atoms with van der Waals surface area (Å²) in [7, 11) is 0. The smallest absolute Gasteiger partial charge is 0.144 e. The van der Waals surface area contributed by atoms with Gasteiger partial charge in [0.25, 0.3) is 0 Å². The number of ether oxygens (including phenoxy) is 1. The molecule has 2 N–H and O–H groups in total. The van der Waals surface area contributed by atoms with Gasteiger partial charge in [0.2, 0.25) is 0 Å². The lowest BCUT2D eigenvalue weighted by Gasteiger charge is -2.26. The average molecular weight is 264 g/mol. The van der Waals surface area contributed by atoms with Crippen molar-refractivity contribution < 1.29 is 4.74 Å². The van der Waals surface area contributed by atoms with E-state index in [0.29, 0.717) is 6.61 Å². The average Bonchev–Trinajstić information content (AvgIpc) is 2.42. The maximum atomic E-state index is 6.25. The number of nitrogens with zero attached hydrogens (tertiary/aromatic N) is 1. The minimum Gasteiger partial charge on any atom is -0.492 e. The minimum atomic E-state index is 0.650. The highest BCUT2D eigenvalue weighted by Crippen LogP contribution is 2.32. The molecule has 1 aromatic carbocycles. The van der Waals surface area contributed by atoms with Gasteiger partial charge in [0.1, 0.15) is 5.75 Å². The van der Waals surface area contributed by atoms with Crippen LogP contribution in [0.3, 0.4) is 0 Å². The van der Waals surface area contributed by atoms with Crippen molar-refractivity contribution >= 4 is 11.4 Å². The van der Waals surface area contributed by atoms with Gasteiger partial charge in [0, 0.05) is 13.1 Å². The molecule has 0 heterocycles. The van der Waals surface area contributed by atoms with Crippen LogP contribution < -0.4 is 15.4 Å². The van der Waals surface area contributed by atoms with E-state index in [9.17, 15) is 0 Å². The first-order valence-electron chi connectivity index (χ1n) is 7.50. The van der Waals surface area contributed by atoms with Crippen LogP contribution in [-0.4, -0.2) is 19.7 Å². The van der Waals surface area contributed by atoms with Gasteiger partial charge in [0.05, 0.1) is 18.0 Å². The van der Waals surface area contributed by atoms with Crippen molar-refractivity contribution in [3.63, 3.8) is 0 Å². The molecule has 0 saturated carbocycles. The first-order valence-corrected chi connectivity index (χ1v) is 7.50. The molecule has 3 nitrogen and oxygen atoms in total. The monoisotopic (exact) mass is 264 g/mol. The van der Waals surface area contributed by atoms with E-state index in [2.05, 4.69) is 24.8 Å². The van der Waals surface area contributed by atoms with Crippen molar-refractivity contribution in [1.82, 2.24) is 0 Å². The third kappa shape index (κ3) is 4.66. The fraction of sp³-hybridized carbons (Fsp3) is 0.625. The molecule has 0 aromatic heterocycles. The zero-order valence-electron chi connectivity index (χ0n) is 12.6. The first kappa shape index (κ1) is 15.7. The van der Waals surface area contributed by atoms with Crippen molar-refractivity contribution in [1.29, 1.82) is 0 Å². The molecular weight excluding hydrogens is 236 g/mol. The van der Waals surface area contributed by atoms with E-state index in [0.717, 1.165) is 30.2 Å². The van der Waals surface area contributed by atoms with Gasteiger partial charge < -0.3 is 15.4 Å². The highest BCUT2D eigenvalue weighted by atomic mass is 16.5. The Morgan fingerprint density at radius 3 is 2.21 bits per heavy atom. The maximum absolute atomic E-state index is 6.25. The summed E-state index contributed by atoms with van der Waals surface area (Å²) in [6, 6.07) is 6.07. The van der Waals surface area contributed by atoms with Gasteiger partial charge in [-0.2, -0.15) is 0 Å². The third-order valence-corrected chi connectivity index (χ3v) is 3.25. The van der Waals surface area contributed by atoms with Crippen molar-refractivity contribution in [2.75, 3.05) is 30.3 Å². The summed E-state index contributed by atoms with van der Waals surface area (Å²) in [5.41, 5.74) is 8.14. The topological polar surface area (TPSA) is 38.5 Å². The molecule has 0 atom stereocenters. The largest absolute Gasteiger partial charge is 0.492 e. The van der Waals surface area contributed by atoms with Crippen molar-refractivity contribution in [2.24, 2.45) is 0 Å². The van der Waals surface area contributed by atoms with E-state index in [1.54, 1.807) is 0 Å². The number of anilines is 2. The van der Waals surface area contributed by atoms with E-state index >= 15 is 0 Å². The van der Waals surface area contributed by atoms with E-state index in [1.165, 1.54) is 25.7 Å². The van der Waals surface area contributed by atoms with E-state index < -0.39 is 0 Å². The maximum Gasteiger partial charge on any atom is 0.144 e. The van der Waals surface area contributed by atoms with E-state index in [1.807, 2.05) is 19.1 Å². The summed E-state index contributed by atoms with van der Waals surface area (Å²) < 4.78 is 5.58. The second-order valence-electron chi connectivity index (χ2n) is 4.82. The van der Waals surface area contributed by atoms with Gasteiger partial charge in [0.15, 0.2) is 0 Å². The summed E-state index contributed by atoms with van der Waals surface area (Å²) in [5.74, 6) is 0.804. The number of nitrogen functional groups attached to an aromatic ring is 1. The number of benzene rings is 1. The number of hydrogen-bond acceptors (Lipinski definition) is 3. The van der Waals surface area contributed by atoms with E-state index in [4.69, 9.17) is 10.5 Å². The van der Waals surface area contributed by atoms with Crippen LogP contribution in [0, 0.1) is 0 Å². The van der Waals surface area contributed by atoms with Gasteiger partial charge in [-0.15, -0.1) is 0 Å². The molecule has 0 radical (unpaired) electrons. The molecule has 0 aliphatic heterocycles. The highest BCUT2D eigenvalue weighted by molar-refractivity contribution is 5.74. The standard InChI is InChI=1S/C16H28N2O/c1-4-7-12-18(13-8-5-2)14-10-9-11-15(16(14)17)19-6-3/h9-11H,4-8,12-13,17H2,1-3H3. The van der Waals surface area contributed by atoms with Crippen LogP contribution in [0.1, 0.15) is 46.5 Å². The fourth-order valence-electron chi connectivity index (χ4n) is 2.14. The van der Waals surface area contributed by atoms with Gasteiger partial charge in [-0.25, -0.2) is 0 Å². The molecule has 108 valence electrons.